The van der Waals surface area contributed by atoms with E-state index in [1.54, 1.807) is 18.4 Å². The minimum Gasteiger partial charge on any atom is -0.497 e. The van der Waals surface area contributed by atoms with Gasteiger partial charge in [0.05, 0.1) is 7.11 Å². The van der Waals surface area contributed by atoms with Crippen LogP contribution >= 0.6 is 0 Å². The normalized spacial score (nSPS) is 35.1. The molecule has 1 aliphatic carbocycles. The summed E-state index contributed by atoms with van der Waals surface area (Å²) in [6.07, 6.45) is 5.35. The van der Waals surface area contributed by atoms with Crippen molar-refractivity contribution in [3.8, 4) is 5.75 Å². The van der Waals surface area contributed by atoms with Crippen LogP contribution in [0.25, 0.3) is 10.9 Å². The van der Waals surface area contributed by atoms with Gasteiger partial charge in [-0.15, -0.1) is 0 Å². The molecule has 3 fully saturated rings. The second-order valence-electron chi connectivity index (χ2n) is 7.78. The summed E-state index contributed by atoms with van der Waals surface area (Å²) in [5.74, 6) is 3.48. The van der Waals surface area contributed by atoms with Crippen molar-refractivity contribution in [2.75, 3.05) is 20.2 Å². The maximum absolute atomic E-state index is 5.46. The van der Waals surface area contributed by atoms with Crippen molar-refractivity contribution >= 4 is 10.9 Å². The Kier molecular flexibility index (Phi) is 3.03. The van der Waals surface area contributed by atoms with E-state index in [1.807, 2.05) is 0 Å². The number of hydrogen-bond donors (Lipinski definition) is 1. The predicted molar refractivity (Wildman–Crippen MR) is 93.2 cm³/mol. The van der Waals surface area contributed by atoms with Gasteiger partial charge in [-0.05, 0) is 54.9 Å². The zero-order valence-electron chi connectivity index (χ0n) is 14.1. The number of methoxy groups -OCH3 is 1. The van der Waals surface area contributed by atoms with Crippen molar-refractivity contribution in [3.05, 3.63) is 29.5 Å². The number of ether oxygens (including phenoxy) is 1. The van der Waals surface area contributed by atoms with E-state index < -0.39 is 0 Å². The average Bonchev–Trinajstić information content (AvgIpc) is 2.92. The number of H-pyrrole nitrogens is 1. The maximum atomic E-state index is 5.46. The number of nitrogens with one attached hydrogen (secondary N) is 1. The van der Waals surface area contributed by atoms with E-state index in [9.17, 15) is 0 Å². The molecule has 4 heterocycles. The highest BCUT2D eigenvalue weighted by atomic mass is 16.5. The van der Waals surface area contributed by atoms with Gasteiger partial charge in [0.15, 0.2) is 0 Å². The van der Waals surface area contributed by atoms with E-state index in [0.29, 0.717) is 5.92 Å². The third kappa shape index (κ3) is 1.92. The van der Waals surface area contributed by atoms with Crippen LogP contribution in [0.15, 0.2) is 18.2 Å². The van der Waals surface area contributed by atoms with Crippen molar-refractivity contribution < 1.29 is 4.74 Å². The molecule has 0 spiro atoms. The lowest BCUT2D eigenvalue weighted by molar-refractivity contribution is -0.0134. The lowest BCUT2D eigenvalue weighted by atomic mass is 9.65. The van der Waals surface area contributed by atoms with Crippen LogP contribution in [0.2, 0.25) is 0 Å². The molecule has 122 valence electrons. The molecule has 4 unspecified atom stereocenters. The molecular formula is C20H26N2O. The first-order valence-corrected chi connectivity index (χ1v) is 9.21. The molecule has 1 saturated carbocycles. The number of nitrogens with zero attached hydrogens (tertiary/aromatic N) is 1. The maximum Gasteiger partial charge on any atom is 0.119 e. The second kappa shape index (κ2) is 5.01. The zero-order chi connectivity index (χ0) is 15.6. The van der Waals surface area contributed by atoms with Crippen molar-refractivity contribution in [1.82, 2.24) is 9.88 Å². The van der Waals surface area contributed by atoms with E-state index in [4.69, 9.17) is 4.74 Å². The van der Waals surface area contributed by atoms with Gasteiger partial charge in [-0.1, -0.05) is 13.3 Å². The van der Waals surface area contributed by atoms with E-state index in [2.05, 4.69) is 35.0 Å². The summed E-state index contributed by atoms with van der Waals surface area (Å²) in [4.78, 5) is 6.63. The Balaban J connectivity index is 1.66. The summed E-state index contributed by atoms with van der Waals surface area (Å²) < 4.78 is 5.46. The van der Waals surface area contributed by atoms with Crippen LogP contribution in [-0.2, 0) is 6.42 Å². The quantitative estimate of drug-likeness (QED) is 0.910. The van der Waals surface area contributed by atoms with E-state index in [1.165, 1.54) is 49.7 Å². The fraction of sp³-hybridized carbons (Fsp3) is 0.600. The highest BCUT2D eigenvalue weighted by Crippen LogP contribution is 2.51. The van der Waals surface area contributed by atoms with Crippen molar-refractivity contribution in [2.45, 2.75) is 44.6 Å². The largest absolute Gasteiger partial charge is 0.497 e. The van der Waals surface area contributed by atoms with Gasteiger partial charge in [0.2, 0.25) is 0 Å². The highest BCUT2D eigenvalue weighted by Gasteiger charge is 2.48. The van der Waals surface area contributed by atoms with Gasteiger partial charge in [-0.25, -0.2) is 0 Å². The van der Waals surface area contributed by atoms with Crippen LogP contribution in [0.1, 0.15) is 43.4 Å². The van der Waals surface area contributed by atoms with Gasteiger partial charge >= 0.3 is 0 Å². The highest BCUT2D eigenvalue weighted by molar-refractivity contribution is 5.86. The molecule has 0 radical (unpaired) electrons. The number of aromatic nitrogens is 1. The van der Waals surface area contributed by atoms with Crippen LogP contribution in [-0.4, -0.2) is 36.1 Å². The summed E-state index contributed by atoms with van der Waals surface area (Å²) in [5.41, 5.74) is 4.40. The smallest absolute Gasteiger partial charge is 0.119 e. The Morgan fingerprint density at radius 2 is 2.22 bits per heavy atom. The topological polar surface area (TPSA) is 28.3 Å². The van der Waals surface area contributed by atoms with E-state index >= 15 is 0 Å². The number of hydrogen-bond acceptors (Lipinski definition) is 2. The molecule has 23 heavy (non-hydrogen) atoms. The summed E-state index contributed by atoms with van der Waals surface area (Å²) in [7, 11) is 1.76. The third-order valence-corrected chi connectivity index (χ3v) is 6.72. The number of benzene rings is 1. The van der Waals surface area contributed by atoms with E-state index in [-0.39, 0.29) is 0 Å². The fourth-order valence-corrected chi connectivity index (χ4v) is 5.80. The predicted octanol–water partition coefficient (Wildman–Crippen LogP) is 3.94. The van der Waals surface area contributed by atoms with Gasteiger partial charge in [0, 0.05) is 41.6 Å². The second-order valence-corrected chi connectivity index (χ2v) is 7.78. The molecule has 3 nitrogen and oxygen atoms in total. The Morgan fingerprint density at radius 3 is 3.04 bits per heavy atom. The number of piperidine rings is 2. The molecule has 0 amide bonds. The molecule has 2 aromatic rings. The number of fused-ring (bicyclic) bond motifs is 4. The van der Waals surface area contributed by atoms with Crippen LogP contribution in [0, 0.1) is 11.8 Å². The van der Waals surface area contributed by atoms with Crippen molar-refractivity contribution in [2.24, 2.45) is 11.8 Å². The first kappa shape index (κ1) is 13.9. The number of rotatable bonds is 2. The van der Waals surface area contributed by atoms with Gasteiger partial charge in [0.25, 0.3) is 0 Å². The Morgan fingerprint density at radius 1 is 1.30 bits per heavy atom. The van der Waals surface area contributed by atoms with Crippen molar-refractivity contribution in [3.63, 3.8) is 0 Å². The summed E-state index contributed by atoms with van der Waals surface area (Å²) in [5, 5.41) is 1.39. The first-order valence-electron chi connectivity index (χ1n) is 9.21. The molecule has 1 aromatic carbocycles. The summed E-state index contributed by atoms with van der Waals surface area (Å²) >= 11 is 0. The summed E-state index contributed by atoms with van der Waals surface area (Å²) in [6.45, 7) is 4.95. The SMILES string of the molecule is CCC1CC2C[C@H]3c4[nH]c5ccc(OC)cc5c4CCN(C2)C13. The van der Waals surface area contributed by atoms with Gasteiger partial charge < -0.3 is 9.72 Å². The Hall–Kier alpha value is -1.48. The standard InChI is InChI=1S/C20H26N2O/c1-3-13-8-12-9-17-19-15(6-7-22(11-12)20(13)17)16-10-14(23-2)4-5-18(16)21-19/h4-5,10,12-13,17,20-21H,3,6-9,11H2,1-2H3/t12?,13?,17-,20?/m0/s1. The van der Waals surface area contributed by atoms with Crippen LogP contribution < -0.4 is 4.74 Å². The first-order chi connectivity index (χ1) is 11.3. The fourth-order valence-electron chi connectivity index (χ4n) is 5.80. The van der Waals surface area contributed by atoms with Crippen molar-refractivity contribution in [1.29, 1.82) is 0 Å². The minimum atomic E-state index is 0.711. The Bertz CT molecular complexity index is 749. The minimum absolute atomic E-state index is 0.711. The molecule has 4 bridgehead atoms. The van der Waals surface area contributed by atoms with Crippen LogP contribution in [0.5, 0.6) is 5.75 Å². The molecule has 3 heteroatoms. The summed E-state index contributed by atoms with van der Waals surface area (Å²) in [6, 6.07) is 7.26. The van der Waals surface area contributed by atoms with Gasteiger partial charge in [-0.3, -0.25) is 4.90 Å². The molecule has 1 N–H and O–H groups in total. The third-order valence-electron chi connectivity index (χ3n) is 6.72. The van der Waals surface area contributed by atoms with Crippen LogP contribution in [0.3, 0.4) is 0 Å². The lowest BCUT2D eigenvalue weighted by Gasteiger charge is -2.53. The average molecular weight is 310 g/mol. The zero-order valence-corrected chi connectivity index (χ0v) is 14.1. The molecule has 3 aliphatic heterocycles. The number of aromatic amines is 1. The van der Waals surface area contributed by atoms with E-state index in [0.717, 1.165) is 23.6 Å². The van der Waals surface area contributed by atoms with Crippen LogP contribution in [0.4, 0.5) is 0 Å². The molecule has 4 aliphatic rings. The monoisotopic (exact) mass is 310 g/mol. The molecule has 2 saturated heterocycles. The Labute approximate surface area is 138 Å². The lowest BCUT2D eigenvalue weighted by Crippen LogP contribution is -2.56. The molecule has 5 atom stereocenters. The molecule has 1 aromatic heterocycles. The van der Waals surface area contributed by atoms with Gasteiger partial charge in [0.1, 0.15) is 5.75 Å². The molecule has 6 rings (SSSR count). The van der Waals surface area contributed by atoms with Gasteiger partial charge in [-0.2, -0.15) is 0 Å². The molecular weight excluding hydrogens is 284 g/mol.